The van der Waals surface area contributed by atoms with Gasteiger partial charge in [0, 0.05) is 17.8 Å². The Hall–Kier alpha value is -2.71. The SMILES string of the molecule is O=C(NCCc1ccc(F)cc1)c1cccc(NS(=O)(=O)c2cccs2)c1. The van der Waals surface area contributed by atoms with Crippen molar-refractivity contribution < 1.29 is 17.6 Å². The Morgan fingerprint density at radius 1 is 1.04 bits per heavy atom. The van der Waals surface area contributed by atoms with Gasteiger partial charge in [0.2, 0.25) is 0 Å². The molecule has 0 aliphatic carbocycles. The smallest absolute Gasteiger partial charge is 0.271 e. The summed E-state index contributed by atoms with van der Waals surface area (Å²) >= 11 is 1.12. The molecule has 0 aliphatic heterocycles. The molecule has 1 heterocycles. The molecule has 0 unspecified atom stereocenters. The molecule has 2 N–H and O–H groups in total. The van der Waals surface area contributed by atoms with Crippen LogP contribution >= 0.6 is 11.3 Å². The van der Waals surface area contributed by atoms with Gasteiger partial charge in [-0.2, -0.15) is 0 Å². The molecule has 3 aromatic rings. The number of nitrogens with one attached hydrogen (secondary N) is 2. The molecular weight excluding hydrogens is 387 g/mol. The summed E-state index contributed by atoms with van der Waals surface area (Å²) in [7, 11) is -3.66. The second kappa shape index (κ2) is 8.32. The summed E-state index contributed by atoms with van der Waals surface area (Å²) in [6.07, 6.45) is 0.566. The first kappa shape index (κ1) is 19.1. The molecule has 0 radical (unpaired) electrons. The predicted octanol–water partition coefficient (Wildman–Crippen LogP) is 3.66. The quantitative estimate of drug-likeness (QED) is 0.631. The van der Waals surface area contributed by atoms with E-state index in [4.69, 9.17) is 0 Å². The van der Waals surface area contributed by atoms with Gasteiger partial charge in [0.15, 0.2) is 0 Å². The second-order valence-electron chi connectivity index (χ2n) is 5.75. The summed E-state index contributed by atoms with van der Waals surface area (Å²) < 4.78 is 40.1. The zero-order valence-electron chi connectivity index (χ0n) is 14.2. The number of sulfonamides is 1. The lowest BCUT2D eigenvalue weighted by Gasteiger charge is -2.09. The van der Waals surface area contributed by atoms with Crippen molar-refractivity contribution >= 4 is 33.0 Å². The van der Waals surface area contributed by atoms with Crippen molar-refractivity contribution in [3.8, 4) is 0 Å². The van der Waals surface area contributed by atoms with Gasteiger partial charge >= 0.3 is 0 Å². The Bertz CT molecular complexity index is 1020. The van der Waals surface area contributed by atoms with E-state index in [-0.39, 0.29) is 15.9 Å². The molecule has 0 spiro atoms. The molecule has 1 aromatic heterocycles. The summed E-state index contributed by atoms with van der Waals surface area (Å²) in [5.74, 6) is -0.612. The molecule has 2 aromatic carbocycles. The molecule has 3 rings (SSSR count). The van der Waals surface area contributed by atoms with E-state index in [0.717, 1.165) is 16.9 Å². The van der Waals surface area contributed by atoms with E-state index in [1.54, 1.807) is 41.8 Å². The maximum atomic E-state index is 12.9. The molecule has 0 fully saturated rings. The fourth-order valence-electron chi connectivity index (χ4n) is 2.42. The number of hydrogen-bond donors (Lipinski definition) is 2. The highest BCUT2D eigenvalue weighted by molar-refractivity contribution is 7.94. The topological polar surface area (TPSA) is 75.3 Å². The van der Waals surface area contributed by atoms with Crippen LogP contribution in [0.4, 0.5) is 10.1 Å². The Morgan fingerprint density at radius 3 is 2.52 bits per heavy atom. The first-order valence-electron chi connectivity index (χ1n) is 8.13. The monoisotopic (exact) mass is 404 g/mol. The zero-order valence-corrected chi connectivity index (χ0v) is 15.8. The van der Waals surface area contributed by atoms with Crippen molar-refractivity contribution in [2.24, 2.45) is 0 Å². The standard InChI is InChI=1S/C19H17FN2O3S2/c20-16-8-6-14(7-9-16)10-11-21-19(23)15-3-1-4-17(13-15)22-27(24,25)18-5-2-12-26-18/h1-9,12-13,22H,10-11H2,(H,21,23). The maximum absolute atomic E-state index is 12.9. The molecule has 0 atom stereocenters. The largest absolute Gasteiger partial charge is 0.352 e. The minimum absolute atomic E-state index is 0.205. The van der Waals surface area contributed by atoms with Crippen LogP contribution in [-0.2, 0) is 16.4 Å². The Balaban J connectivity index is 1.61. The van der Waals surface area contributed by atoms with Gasteiger partial charge in [-0.05, 0) is 53.8 Å². The van der Waals surface area contributed by atoms with E-state index in [1.165, 1.54) is 24.3 Å². The van der Waals surface area contributed by atoms with Crippen LogP contribution in [0.1, 0.15) is 15.9 Å². The molecule has 0 aliphatic rings. The Labute approximate surface area is 160 Å². The summed E-state index contributed by atoms with van der Waals surface area (Å²) in [5.41, 5.74) is 1.57. The summed E-state index contributed by atoms with van der Waals surface area (Å²) in [6.45, 7) is 0.385. The van der Waals surface area contributed by atoms with E-state index in [2.05, 4.69) is 10.0 Å². The third-order valence-corrected chi connectivity index (χ3v) is 6.53. The van der Waals surface area contributed by atoms with E-state index in [9.17, 15) is 17.6 Å². The molecule has 5 nitrogen and oxygen atoms in total. The normalized spacial score (nSPS) is 11.1. The van der Waals surface area contributed by atoms with Gasteiger partial charge in [-0.25, -0.2) is 12.8 Å². The zero-order chi connectivity index (χ0) is 19.3. The number of hydrogen-bond acceptors (Lipinski definition) is 4. The lowest BCUT2D eigenvalue weighted by molar-refractivity contribution is 0.0954. The van der Waals surface area contributed by atoms with Crippen LogP contribution in [0, 0.1) is 5.82 Å². The number of carbonyl (C=O) groups excluding carboxylic acids is 1. The van der Waals surface area contributed by atoms with Crippen molar-refractivity contribution in [2.75, 3.05) is 11.3 Å². The van der Waals surface area contributed by atoms with Crippen LogP contribution in [0.3, 0.4) is 0 Å². The maximum Gasteiger partial charge on any atom is 0.271 e. The summed E-state index contributed by atoms with van der Waals surface area (Å²) in [6, 6.07) is 15.5. The van der Waals surface area contributed by atoms with Crippen LogP contribution < -0.4 is 10.0 Å². The van der Waals surface area contributed by atoms with Gasteiger partial charge in [0.05, 0.1) is 0 Å². The van der Waals surface area contributed by atoms with E-state index in [0.29, 0.717) is 24.2 Å². The minimum atomic E-state index is -3.66. The highest BCUT2D eigenvalue weighted by Crippen LogP contribution is 2.20. The number of carbonyl (C=O) groups is 1. The van der Waals surface area contributed by atoms with Crippen molar-refractivity contribution in [1.29, 1.82) is 0 Å². The predicted molar refractivity (Wildman–Crippen MR) is 104 cm³/mol. The summed E-state index contributed by atoms with van der Waals surface area (Å²) in [5, 5.41) is 4.45. The van der Waals surface area contributed by atoms with Crippen LogP contribution in [0.25, 0.3) is 0 Å². The van der Waals surface area contributed by atoms with Crippen LogP contribution in [-0.4, -0.2) is 20.9 Å². The molecular formula is C19H17FN2O3S2. The van der Waals surface area contributed by atoms with E-state index in [1.807, 2.05) is 0 Å². The van der Waals surface area contributed by atoms with Gasteiger partial charge in [0.25, 0.3) is 15.9 Å². The molecule has 0 bridgehead atoms. The highest BCUT2D eigenvalue weighted by Gasteiger charge is 2.16. The number of benzene rings is 2. The van der Waals surface area contributed by atoms with Crippen LogP contribution in [0.2, 0.25) is 0 Å². The number of amides is 1. The molecule has 1 amide bonds. The van der Waals surface area contributed by atoms with Gasteiger partial charge in [-0.1, -0.05) is 24.3 Å². The van der Waals surface area contributed by atoms with Gasteiger partial charge in [-0.15, -0.1) is 11.3 Å². The molecule has 140 valence electrons. The lowest BCUT2D eigenvalue weighted by Crippen LogP contribution is -2.25. The van der Waals surface area contributed by atoms with Crippen molar-refractivity contribution in [3.05, 3.63) is 83.0 Å². The van der Waals surface area contributed by atoms with Crippen LogP contribution in [0.5, 0.6) is 0 Å². The average molecular weight is 404 g/mol. The molecule has 0 saturated heterocycles. The van der Waals surface area contributed by atoms with Crippen molar-refractivity contribution in [3.63, 3.8) is 0 Å². The fraction of sp³-hybridized carbons (Fsp3) is 0.105. The number of thiophene rings is 1. The van der Waals surface area contributed by atoms with Crippen LogP contribution in [0.15, 0.2) is 70.3 Å². The highest BCUT2D eigenvalue weighted by atomic mass is 32.2. The summed E-state index contributed by atoms with van der Waals surface area (Å²) in [4.78, 5) is 12.3. The van der Waals surface area contributed by atoms with E-state index < -0.39 is 10.0 Å². The van der Waals surface area contributed by atoms with Gasteiger partial charge in [-0.3, -0.25) is 9.52 Å². The molecule has 27 heavy (non-hydrogen) atoms. The Morgan fingerprint density at radius 2 is 1.81 bits per heavy atom. The second-order valence-corrected chi connectivity index (χ2v) is 8.61. The number of rotatable bonds is 7. The first-order chi connectivity index (χ1) is 12.9. The molecule has 8 heteroatoms. The minimum Gasteiger partial charge on any atom is -0.352 e. The third kappa shape index (κ3) is 5.15. The third-order valence-electron chi connectivity index (χ3n) is 3.75. The number of anilines is 1. The fourth-order valence-corrected chi connectivity index (χ4v) is 4.46. The Kier molecular flexibility index (Phi) is 5.88. The molecule has 0 saturated carbocycles. The lowest BCUT2D eigenvalue weighted by atomic mass is 10.1. The average Bonchev–Trinajstić information content (AvgIpc) is 3.19. The number of halogens is 1. The van der Waals surface area contributed by atoms with Crippen molar-refractivity contribution in [2.45, 2.75) is 10.6 Å². The first-order valence-corrected chi connectivity index (χ1v) is 10.5. The van der Waals surface area contributed by atoms with E-state index >= 15 is 0 Å². The van der Waals surface area contributed by atoms with Gasteiger partial charge < -0.3 is 5.32 Å². The van der Waals surface area contributed by atoms with Gasteiger partial charge in [0.1, 0.15) is 10.0 Å². The van der Waals surface area contributed by atoms with Crippen molar-refractivity contribution in [1.82, 2.24) is 5.32 Å².